The third-order valence-corrected chi connectivity index (χ3v) is 18.2. The predicted octanol–water partition coefficient (Wildman–Crippen LogP) is 14.1. The van der Waals surface area contributed by atoms with E-state index in [1.165, 1.54) is 31.5 Å². The van der Waals surface area contributed by atoms with E-state index in [-0.39, 0.29) is 19.6 Å². The van der Waals surface area contributed by atoms with Gasteiger partial charge in [-0.3, -0.25) is 19.4 Å². The predicted molar refractivity (Wildman–Crippen MR) is 333 cm³/mol. The molecule has 10 rings (SSSR count). The van der Waals surface area contributed by atoms with Crippen LogP contribution in [0.25, 0.3) is 42.0 Å². The van der Waals surface area contributed by atoms with Crippen LogP contribution in [0, 0.1) is 5.41 Å². The molecule has 2 N–H and O–H groups in total. The first-order valence-corrected chi connectivity index (χ1v) is 31.7. The Bertz CT molecular complexity index is 3120. The minimum atomic E-state index is -1.38. The van der Waals surface area contributed by atoms with Crippen LogP contribution in [0.4, 0.5) is 11.4 Å². The molecule has 4 aromatic heterocycles. The molecule has 2 saturated heterocycles. The van der Waals surface area contributed by atoms with Crippen molar-refractivity contribution in [2.45, 2.75) is 96.3 Å². The molecule has 0 amide bonds. The first-order valence-electron chi connectivity index (χ1n) is 29.9. The van der Waals surface area contributed by atoms with Gasteiger partial charge in [-0.05, 0) is 135 Å². The Balaban J connectivity index is 0.698. The highest BCUT2D eigenvalue weighted by Crippen LogP contribution is 2.34. The van der Waals surface area contributed by atoms with Gasteiger partial charge in [0.2, 0.25) is 11.8 Å². The van der Waals surface area contributed by atoms with Gasteiger partial charge >= 0.3 is 11.9 Å². The molecule has 4 aromatic carbocycles. The van der Waals surface area contributed by atoms with Crippen LogP contribution in [-0.4, -0.2) is 134 Å². The van der Waals surface area contributed by atoms with Crippen molar-refractivity contribution in [2.24, 2.45) is 5.41 Å². The molecular weight excluding hydrogens is 1070 g/mol. The summed E-state index contributed by atoms with van der Waals surface area (Å²) >= 11 is 3.60. The summed E-state index contributed by atoms with van der Waals surface area (Å²) in [6.07, 6.45) is 13.0. The number of benzene rings is 4. The molecule has 2 aliphatic rings. The zero-order valence-corrected chi connectivity index (χ0v) is 49.0. The van der Waals surface area contributed by atoms with E-state index in [9.17, 15) is 14.7 Å². The minimum absolute atomic E-state index is 0.138. The number of ether oxygens (including phenoxy) is 4. The van der Waals surface area contributed by atoms with Crippen LogP contribution in [0.15, 0.2) is 120 Å². The van der Waals surface area contributed by atoms with E-state index in [1.807, 2.05) is 48.5 Å². The number of carboxylic acid groups (broad SMARTS) is 2. The quantitative estimate of drug-likeness (QED) is 0.0376. The highest BCUT2D eigenvalue weighted by atomic mass is 32.1. The normalized spacial score (nSPS) is 14.5. The van der Waals surface area contributed by atoms with E-state index < -0.39 is 17.4 Å². The SMILES string of the molecule is O=C(O)CCCCCCCCCCCC(COc1ccc2ccc(OCCCCN3CCN(c4cccc5sccc45)CC3)cc2n1)(COc1ccc2ccc(OCCCCN3CCN(c4cccc5sccc45)CC3)cc2n1)C(=O)O. The monoisotopic (exact) mass is 1150 g/mol. The molecule has 0 unspecified atom stereocenters. The van der Waals surface area contributed by atoms with Crippen molar-refractivity contribution < 1.29 is 38.7 Å². The fourth-order valence-corrected chi connectivity index (χ4v) is 13.1. The number of anilines is 2. The van der Waals surface area contributed by atoms with Gasteiger partial charge in [-0.2, -0.15) is 0 Å². The van der Waals surface area contributed by atoms with Gasteiger partial charge in [-0.25, -0.2) is 9.97 Å². The number of piperazine rings is 2. The number of nitrogens with zero attached hydrogens (tertiary/aromatic N) is 6. The molecule has 82 heavy (non-hydrogen) atoms. The molecule has 434 valence electrons. The van der Waals surface area contributed by atoms with Gasteiger partial charge in [-0.15, -0.1) is 22.7 Å². The summed E-state index contributed by atoms with van der Waals surface area (Å²) in [7, 11) is 0. The van der Waals surface area contributed by atoms with E-state index >= 15 is 0 Å². The molecule has 0 spiro atoms. The summed E-state index contributed by atoms with van der Waals surface area (Å²) in [5.41, 5.74) is 2.73. The number of carboxylic acids is 2. The summed E-state index contributed by atoms with van der Waals surface area (Å²) in [5, 5.41) is 28.9. The third kappa shape index (κ3) is 16.1. The van der Waals surface area contributed by atoms with Crippen molar-refractivity contribution in [3.05, 3.63) is 120 Å². The molecule has 14 nitrogen and oxygen atoms in total. The van der Waals surface area contributed by atoms with Gasteiger partial charge in [-0.1, -0.05) is 63.5 Å². The first kappa shape index (κ1) is 58.5. The maximum atomic E-state index is 13.5. The Morgan fingerprint density at radius 1 is 0.488 bits per heavy atom. The highest BCUT2D eigenvalue weighted by Gasteiger charge is 2.41. The number of thiophene rings is 2. The fourth-order valence-electron chi connectivity index (χ4n) is 11.5. The number of hydrogen-bond donors (Lipinski definition) is 2. The van der Waals surface area contributed by atoms with Crippen molar-refractivity contribution in [3.8, 4) is 23.3 Å². The number of aliphatic carboxylic acids is 2. The second kappa shape index (κ2) is 29.5. The zero-order chi connectivity index (χ0) is 56.4. The van der Waals surface area contributed by atoms with E-state index in [2.05, 4.69) is 78.9 Å². The van der Waals surface area contributed by atoms with Gasteiger partial charge in [0.05, 0.1) is 24.2 Å². The average molecular weight is 1150 g/mol. The lowest BCUT2D eigenvalue weighted by atomic mass is 9.84. The first-order chi connectivity index (χ1) is 40.2. The minimum Gasteiger partial charge on any atom is -0.494 e. The van der Waals surface area contributed by atoms with E-state index in [0.29, 0.717) is 55.3 Å². The van der Waals surface area contributed by atoms with Gasteiger partial charge < -0.3 is 39.0 Å². The highest BCUT2D eigenvalue weighted by molar-refractivity contribution is 7.17. The number of rotatable bonds is 33. The second-order valence-electron chi connectivity index (χ2n) is 22.2. The Morgan fingerprint density at radius 3 is 1.40 bits per heavy atom. The van der Waals surface area contributed by atoms with E-state index in [0.717, 1.165) is 158 Å². The molecule has 0 atom stereocenters. The molecule has 8 aromatic rings. The van der Waals surface area contributed by atoms with Crippen LogP contribution < -0.4 is 28.7 Å². The van der Waals surface area contributed by atoms with Gasteiger partial charge in [0.15, 0.2) is 0 Å². The number of fused-ring (bicyclic) bond motifs is 4. The molecule has 2 aliphatic heterocycles. The van der Waals surface area contributed by atoms with Crippen molar-refractivity contribution >= 4 is 88.0 Å². The fraction of sp³-hybridized carbons (Fsp3) is 0.455. The van der Waals surface area contributed by atoms with Crippen LogP contribution in [-0.2, 0) is 9.59 Å². The summed E-state index contributed by atoms with van der Waals surface area (Å²) in [5.74, 6) is 0.413. The molecule has 16 heteroatoms. The largest absolute Gasteiger partial charge is 0.494 e. The topological polar surface area (TPSA) is 150 Å². The van der Waals surface area contributed by atoms with Crippen molar-refractivity contribution in [1.82, 2.24) is 19.8 Å². The Morgan fingerprint density at radius 2 is 0.939 bits per heavy atom. The molecular formula is C66H80N6O8S2. The maximum absolute atomic E-state index is 13.5. The molecule has 0 bridgehead atoms. The number of unbranched alkanes of at least 4 members (excludes halogenated alkanes) is 10. The number of aromatic nitrogens is 2. The molecule has 0 aliphatic carbocycles. The van der Waals surface area contributed by atoms with Crippen LogP contribution >= 0.6 is 22.7 Å². The van der Waals surface area contributed by atoms with Crippen LogP contribution in [0.5, 0.6) is 23.3 Å². The molecule has 0 saturated carbocycles. The van der Waals surface area contributed by atoms with Crippen LogP contribution in [0.2, 0.25) is 0 Å². The summed E-state index contributed by atoms with van der Waals surface area (Å²) in [6.45, 7) is 11.4. The van der Waals surface area contributed by atoms with Gasteiger partial charge in [0, 0.05) is 125 Å². The summed E-state index contributed by atoms with van der Waals surface area (Å²) in [4.78, 5) is 44.2. The Labute approximate surface area is 490 Å². The summed E-state index contributed by atoms with van der Waals surface area (Å²) in [6, 6.07) is 37.0. The zero-order valence-electron chi connectivity index (χ0n) is 47.4. The molecule has 0 radical (unpaired) electrons. The van der Waals surface area contributed by atoms with E-state index in [4.69, 9.17) is 34.0 Å². The standard InChI is InChI=1S/C66H80N6O8S2/c73-64(74)20-8-6-4-2-1-3-5-7-9-31-66(65(75)76,48-79-62-27-23-50-21-25-52(46-56(50)67-62)77-42-12-10-32-69-34-38-71(39-35-69)58-16-14-18-60-54(58)29-44-81-60)49-80-63-28-24-51-22-26-53(47-57(51)68-63)78-43-13-11-33-70-36-40-72(41-37-70)59-17-15-19-61-55(59)30-45-82-61/h14-19,21-30,44-47H,1-13,20,31-43,48-49H2,(H,73,74)(H,75,76). The Hall–Kier alpha value is -6.72. The number of pyridine rings is 2. The third-order valence-electron chi connectivity index (χ3n) is 16.4. The van der Waals surface area contributed by atoms with Gasteiger partial charge in [0.1, 0.15) is 30.1 Å². The molecule has 2 fully saturated rings. The van der Waals surface area contributed by atoms with Gasteiger partial charge in [0.25, 0.3) is 0 Å². The number of carbonyl (C=O) groups is 2. The smallest absolute Gasteiger partial charge is 0.316 e. The van der Waals surface area contributed by atoms with Crippen LogP contribution in [0.1, 0.15) is 96.3 Å². The van der Waals surface area contributed by atoms with E-state index in [1.54, 1.807) is 34.8 Å². The van der Waals surface area contributed by atoms with Crippen molar-refractivity contribution in [1.29, 1.82) is 0 Å². The average Bonchev–Trinajstić information content (AvgIpc) is 4.22. The lowest BCUT2D eigenvalue weighted by Gasteiger charge is -2.36. The lowest BCUT2D eigenvalue weighted by Crippen LogP contribution is -2.46. The summed E-state index contributed by atoms with van der Waals surface area (Å²) < 4.78 is 27.9. The van der Waals surface area contributed by atoms with Crippen molar-refractivity contribution in [2.75, 3.05) is 102 Å². The van der Waals surface area contributed by atoms with Crippen LogP contribution in [0.3, 0.4) is 0 Å². The maximum Gasteiger partial charge on any atom is 0.316 e. The lowest BCUT2D eigenvalue weighted by molar-refractivity contribution is -0.154. The number of hydrogen-bond acceptors (Lipinski definition) is 14. The molecule has 6 heterocycles. The Kier molecular flexibility index (Phi) is 21.0. The van der Waals surface area contributed by atoms with Crippen molar-refractivity contribution in [3.63, 3.8) is 0 Å². The second-order valence-corrected chi connectivity index (χ2v) is 24.1.